The summed E-state index contributed by atoms with van der Waals surface area (Å²) in [7, 11) is -2.07. The summed E-state index contributed by atoms with van der Waals surface area (Å²) < 4.78 is 36.8. The van der Waals surface area contributed by atoms with Crippen molar-refractivity contribution in [1.29, 1.82) is 0 Å². The van der Waals surface area contributed by atoms with Crippen LogP contribution < -0.4 is 9.47 Å². The molecule has 0 aliphatic carbocycles. The number of ether oxygens (including phenoxy) is 2. The third-order valence-electron chi connectivity index (χ3n) is 6.09. The van der Waals surface area contributed by atoms with Gasteiger partial charge in [0.25, 0.3) is 0 Å². The molecule has 0 bridgehead atoms. The van der Waals surface area contributed by atoms with E-state index in [1.54, 1.807) is 43.5 Å². The molecule has 0 saturated heterocycles. The van der Waals surface area contributed by atoms with Gasteiger partial charge in [-0.15, -0.1) is 0 Å². The number of sulfone groups is 1. The quantitative estimate of drug-likeness (QED) is 0.205. The van der Waals surface area contributed by atoms with Gasteiger partial charge in [-0.1, -0.05) is 55.8 Å². The van der Waals surface area contributed by atoms with Crippen molar-refractivity contribution in [2.45, 2.75) is 36.0 Å². The van der Waals surface area contributed by atoms with Crippen LogP contribution in [-0.4, -0.2) is 15.5 Å². The van der Waals surface area contributed by atoms with Gasteiger partial charge in [-0.3, -0.25) is 0 Å². The van der Waals surface area contributed by atoms with Crippen LogP contribution >= 0.6 is 28.3 Å². The van der Waals surface area contributed by atoms with Crippen molar-refractivity contribution in [2.24, 2.45) is 0 Å². The van der Waals surface area contributed by atoms with Crippen LogP contribution in [0.4, 0.5) is 0 Å². The van der Waals surface area contributed by atoms with Crippen molar-refractivity contribution in [3.05, 3.63) is 114 Å². The number of benzene rings is 4. The number of hydrogen-bond acceptors (Lipinski definition) is 4. The highest BCUT2D eigenvalue weighted by atomic mass is 80.9. The smallest absolute Gasteiger partial charge is 0.206 e. The molecule has 0 spiro atoms. The molecule has 0 fully saturated rings. The molecule has 0 aromatic heterocycles. The number of aryl methyl sites for hydroxylation is 1. The van der Waals surface area contributed by atoms with Crippen LogP contribution in [0.2, 0.25) is 0 Å². The number of halogens is 2. The SMILES string of the molecule is BrBr.COc1ccc(S(=O)(=O)c2ccc(Oc3ccc(C(C)(C)c4ccc(C)cc4)cc3)cc2)cc1. The average Bonchev–Trinajstić information content (AvgIpc) is 2.91. The maximum Gasteiger partial charge on any atom is 0.206 e. The van der Waals surface area contributed by atoms with Crippen LogP contribution in [0.15, 0.2) is 107 Å². The van der Waals surface area contributed by atoms with Gasteiger partial charge >= 0.3 is 0 Å². The van der Waals surface area contributed by atoms with E-state index in [4.69, 9.17) is 9.47 Å². The van der Waals surface area contributed by atoms with Crippen LogP contribution in [0.3, 0.4) is 0 Å². The fraction of sp³-hybridized carbons (Fsp3) is 0.172. The molecule has 0 saturated carbocycles. The highest BCUT2D eigenvalue weighted by Gasteiger charge is 2.23. The van der Waals surface area contributed by atoms with E-state index in [0.29, 0.717) is 17.2 Å². The lowest BCUT2D eigenvalue weighted by molar-refractivity contribution is 0.414. The predicted molar refractivity (Wildman–Crippen MR) is 153 cm³/mol. The molecule has 0 radical (unpaired) electrons. The first kappa shape index (κ1) is 28.0. The van der Waals surface area contributed by atoms with Crippen LogP contribution in [0, 0.1) is 6.92 Å². The molecular weight excluding hydrogens is 604 g/mol. The van der Waals surface area contributed by atoms with Gasteiger partial charge in [0.1, 0.15) is 17.2 Å². The lowest BCUT2D eigenvalue weighted by Gasteiger charge is -2.26. The van der Waals surface area contributed by atoms with Crippen molar-refractivity contribution >= 4 is 38.1 Å². The Balaban J connectivity index is 0.00000176. The predicted octanol–water partition coefficient (Wildman–Crippen LogP) is 8.65. The fourth-order valence-corrected chi connectivity index (χ4v) is 5.05. The average molecular weight is 632 g/mol. The van der Waals surface area contributed by atoms with E-state index in [0.717, 1.165) is 0 Å². The summed E-state index contributed by atoms with van der Waals surface area (Å²) in [6, 6.07) is 29.4. The zero-order valence-electron chi connectivity index (χ0n) is 20.5. The van der Waals surface area contributed by atoms with Gasteiger partial charge in [-0.2, -0.15) is 0 Å². The molecule has 0 unspecified atom stereocenters. The fourth-order valence-electron chi connectivity index (χ4n) is 3.79. The number of hydrogen-bond donors (Lipinski definition) is 0. The Kier molecular flexibility index (Phi) is 9.39. The third kappa shape index (κ3) is 6.38. The zero-order valence-corrected chi connectivity index (χ0v) is 24.5. The first-order valence-corrected chi connectivity index (χ1v) is 16.4. The molecule has 4 aromatic carbocycles. The maximum atomic E-state index is 12.9. The summed E-state index contributed by atoms with van der Waals surface area (Å²) in [5, 5.41) is 0. The molecule has 188 valence electrons. The Bertz CT molecular complexity index is 1360. The summed E-state index contributed by atoms with van der Waals surface area (Å²) in [6.45, 7) is 6.50. The van der Waals surface area contributed by atoms with Crippen molar-refractivity contribution in [3.8, 4) is 17.2 Å². The van der Waals surface area contributed by atoms with E-state index < -0.39 is 9.84 Å². The van der Waals surface area contributed by atoms with Gasteiger partial charge in [0.05, 0.1) is 16.9 Å². The van der Waals surface area contributed by atoms with Gasteiger partial charge in [0, 0.05) is 33.7 Å². The Morgan fingerprint density at radius 2 is 0.972 bits per heavy atom. The summed E-state index contributed by atoms with van der Waals surface area (Å²) in [4.78, 5) is 0.425. The Labute approximate surface area is 229 Å². The third-order valence-corrected chi connectivity index (χ3v) is 7.87. The van der Waals surface area contributed by atoms with Crippen LogP contribution in [-0.2, 0) is 15.3 Å². The monoisotopic (exact) mass is 630 g/mol. The van der Waals surface area contributed by atoms with Crippen molar-refractivity contribution < 1.29 is 17.9 Å². The number of methoxy groups -OCH3 is 1. The second-order valence-corrected chi connectivity index (χ2v) is 10.7. The van der Waals surface area contributed by atoms with Crippen molar-refractivity contribution in [3.63, 3.8) is 0 Å². The van der Waals surface area contributed by atoms with Gasteiger partial charge in [0.2, 0.25) is 9.84 Å². The zero-order chi connectivity index (χ0) is 26.3. The summed E-state index contributed by atoms with van der Waals surface area (Å²) in [5.74, 6) is 1.87. The summed E-state index contributed by atoms with van der Waals surface area (Å²) in [5.41, 5.74) is 3.54. The topological polar surface area (TPSA) is 52.6 Å². The van der Waals surface area contributed by atoms with E-state index in [-0.39, 0.29) is 15.2 Å². The largest absolute Gasteiger partial charge is 0.497 e. The highest BCUT2D eigenvalue weighted by Crippen LogP contribution is 2.33. The van der Waals surface area contributed by atoms with E-state index in [2.05, 4.69) is 85.4 Å². The van der Waals surface area contributed by atoms with Gasteiger partial charge in [-0.05, 0) is 78.7 Å². The molecule has 4 rings (SSSR count). The molecule has 4 nitrogen and oxygen atoms in total. The van der Waals surface area contributed by atoms with E-state index in [1.807, 2.05) is 12.1 Å². The highest BCUT2D eigenvalue weighted by molar-refractivity contribution is 9.93. The Morgan fingerprint density at radius 3 is 1.39 bits per heavy atom. The molecule has 0 heterocycles. The van der Waals surface area contributed by atoms with E-state index in [1.165, 1.54) is 28.8 Å². The van der Waals surface area contributed by atoms with Crippen molar-refractivity contribution in [1.82, 2.24) is 0 Å². The normalized spacial score (nSPS) is 11.3. The molecule has 0 N–H and O–H groups in total. The lowest BCUT2D eigenvalue weighted by atomic mass is 9.78. The molecule has 0 atom stereocenters. The first-order chi connectivity index (χ1) is 17.2. The molecule has 0 aliphatic rings. The van der Waals surface area contributed by atoms with Gasteiger partial charge in [-0.25, -0.2) is 8.42 Å². The molecule has 0 amide bonds. The van der Waals surface area contributed by atoms with Gasteiger partial charge in [0.15, 0.2) is 0 Å². The van der Waals surface area contributed by atoms with Gasteiger partial charge < -0.3 is 9.47 Å². The molecule has 7 heteroatoms. The standard InChI is InChI=1S/C29H28O4S.Br2/c1-21-5-7-22(8-6-21)29(2,3)23-9-11-25(12-10-23)33-26-15-19-28(20-16-26)34(30,31)27-17-13-24(32-4)14-18-27;1-2/h5-20H,1-4H3;. The maximum absolute atomic E-state index is 12.9. The molecule has 36 heavy (non-hydrogen) atoms. The Morgan fingerprint density at radius 1 is 0.611 bits per heavy atom. The molecular formula is C29H28Br2O4S. The van der Waals surface area contributed by atoms with E-state index in [9.17, 15) is 8.42 Å². The second kappa shape index (κ2) is 12.1. The van der Waals surface area contributed by atoms with E-state index >= 15 is 0 Å². The minimum absolute atomic E-state index is 0.135. The summed E-state index contributed by atoms with van der Waals surface area (Å²) in [6.07, 6.45) is 0. The number of rotatable bonds is 7. The lowest BCUT2D eigenvalue weighted by Crippen LogP contribution is -2.18. The van der Waals surface area contributed by atoms with Crippen LogP contribution in [0.25, 0.3) is 0 Å². The minimum atomic E-state index is -3.62. The summed E-state index contributed by atoms with van der Waals surface area (Å²) >= 11 is 5.50. The minimum Gasteiger partial charge on any atom is -0.497 e. The van der Waals surface area contributed by atoms with Crippen molar-refractivity contribution in [2.75, 3.05) is 7.11 Å². The van der Waals surface area contributed by atoms with Crippen LogP contribution in [0.5, 0.6) is 17.2 Å². The molecule has 0 aliphatic heterocycles. The van der Waals surface area contributed by atoms with Crippen LogP contribution in [0.1, 0.15) is 30.5 Å². The first-order valence-electron chi connectivity index (χ1n) is 11.2. The molecule has 4 aromatic rings. The Hall–Kier alpha value is -2.61. The second-order valence-electron chi connectivity index (χ2n) is 8.77.